The summed E-state index contributed by atoms with van der Waals surface area (Å²) in [5.74, 6) is -1.49. The van der Waals surface area contributed by atoms with Crippen molar-refractivity contribution in [2.24, 2.45) is 0 Å². The molecule has 2 N–H and O–H groups in total. The van der Waals surface area contributed by atoms with Gasteiger partial charge < -0.3 is 14.8 Å². The molecule has 5 nitrogen and oxygen atoms in total. The summed E-state index contributed by atoms with van der Waals surface area (Å²) in [6.45, 7) is 7.02. The third-order valence-electron chi connectivity index (χ3n) is 2.06. The van der Waals surface area contributed by atoms with Crippen LogP contribution in [0.25, 0.3) is 6.08 Å². The highest BCUT2D eigenvalue weighted by Gasteiger charge is 2.14. The quantitative estimate of drug-likeness (QED) is 0.638. The topological polar surface area (TPSA) is 79.4 Å². The van der Waals surface area contributed by atoms with Crippen LogP contribution in [0.15, 0.2) is 12.1 Å². The number of aryl methyl sites for hydroxylation is 1. The first kappa shape index (κ1) is 14.0. The zero-order valence-corrected chi connectivity index (χ0v) is 10.9. The van der Waals surface area contributed by atoms with Gasteiger partial charge in [-0.2, -0.15) is 0 Å². The number of hydrogen-bond donors (Lipinski definition) is 2. The second kappa shape index (κ2) is 5.08. The van der Waals surface area contributed by atoms with E-state index in [1.54, 1.807) is 33.8 Å². The Kier molecular flexibility index (Phi) is 3.96. The second-order valence-corrected chi connectivity index (χ2v) is 4.95. The number of esters is 1. The molecule has 1 heterocycles. The van der Waals surface area contributed by atoms with E-state index in [2.05, 4.69) is 4.98 Å². The Morgan fingerprint density at radius 3 is 2.44 bits per heavy atom. The summed E-state index contributed by atoms with van der Waals surface area (Å²) in [6.07, 6.45) is 2.76. The van der Waals surface area contributed by atoms with Crippen molar-refractivity contribution in [1.29, 1.82) is 0 Å². The molecule has 1 aromatic heterocycles. The minimum Gasteiger partial charge on any atom is -0.477 e. The van der Waals surface area contributed by atoms with Crippen molar-refractivity contribution in [2.75, 3.05) is 0 Å². The van der Waals surface area contributed by atoms with Crippen molar-refractivity contribution in [1.82, 2.24) is 4.98 Å². The van der Waals surface area contributed by atoms with E-state index in [-0.39, 0.29) is 5.69 Å². The Bertz CT molecular complexity index is 492. The molecule has 0 fully saturated rings. The molecule has 98 valence electrons. The maximum Gasteiger partial charge on any atom is 0.352 e. The average molecular weight is 251 g/mol. The van der Waals surface area contributed by atoms with E-state index >= 15 is 0 Å². The van der Waals surface area contributed by atoms with Crippen molar-refractivity contribution < 1.29 is 19.4 Å². The molecule has 0 saturated heterocycles. The van der Waals surface area contributed by atoms with E-state index in [0.29, 0.717) is 11.3 Å². The van der Waals surface area contributed by atoms with Crippen molar-refractivity contribution >= 4 is 18.0 Å². The van der Waals surface area contributed by atoms with Crippen LogP contribution in [0.1, 0.15) is 42.5 Å². The van der Waals surface area contributed by atoms with Gasteiger partial charge in [0.25, 0.3) is 0 Å². The Morgan fingerprint density at radius 1 is 1.39 bits per heavy atom. The standard InChI is InChI=1S/C13H17NO4/c1-8-7-9(14-11(8)12(16)17)5-6-10(15)18-13(2,3)4/h5-7,14H,1-4H3,(H,16,17). The normalized spacial score (nSPS) is 11.8. The lowest BCUT2D eigenvalue weighted by atomic mass is 10.2. The first-order valence-electron chi connectivity index (χ1n) is 5.53. The molecule has 0 aromatic carbocycles. The number of hydrogen-bond acceptors (Lipinski definition) is 3. The lowest BCUT2D eigenvalue weighted by Gasteiger charge is -2.17. The van der Waals surface area contributed by atoms with Crippen LogP contribution in [0.2, 0.25) is 0 Å². The molecule has 0 radical (unpaired) electrons. The number of rotatable bonds is 3. The highest BCUT2D eigenvalue weighted by molar-refractivity contribution is 5.89. The predicted molar refractivity (Wildman–Crippen MR) is 67.4 cm³/mol. The molecule has 0 aliphatic carbocycles. The zero-order valence-electron chi connectivity index (χ0n) is 10.9. The maximum atomic E-state index is 11.4. The fourth-order valence-electron chi connectivity index (χ4n) is 1.39. The SMILES string of the molecule is Cc1cc(C=CC(=O)OC(C)(C)C)[nH]c1C(=O)O. The van der Waals surface area contributed by atoms with E-state index in [4.69, 9.17) is 9.84 Å². The van der Waals surface area contributed by atoms with Gasteiger partial charge in [-0.15, -0.1) is 0 Å². The van der Waals surface area contributed by atoms with Gasteiger partial charge in [0.1, 0.15) is 11.3 Å². The molecule has 0 amide bonds. The van der Waals surface area contributed by atoms with E-state index in [1.165, 1.54) is 12.2 Å². The predicted octanol–water partition coefficient (Wildman–Crippen LogP) is 2.38. The molecular weight excluding hydrogens is 234 g/mol. The number of carboxylic acid groups (broad SMARTS) is 1. The summed E-state index contributed by atoms with van der Waals surface area (Å²) in [5, 5.41) is 8.86. The van der Waals surface area contributed by atoms with Crippen LogP contribution in [0, 0.1) is 6.92 Å². The molecule has 0 unspecified atom stereocenters. The molecule has 18 heavy (non-hydrogen) atoms. The second-order valence-electron chi connectivity index (χ2n) is 4.95. The van der Waals surface area contributed by atoms with Gasteiger partial charge in [-0.05, 0) is 45.4 Å². The number of carbonyl (C=O) groups is 2. The van der Waals surface area contributed by atoms with E-state index in [9.17, 15) is 9.59 Å². The van der Waals surface area contributed by atoms with E-state index < -0.39 is 17.5 Å². The highest BCUT2D eigenvalue weighted by atomic mass is 16.6. The molecule has 0 bridgehead atoms. The fourth-order valence-corrected chi connectivity index (χ4v) is 1.39. The van der Waals surface area contributed by atoms with E-state index in [0.717, 1.165) is 0 Å². The number of carboxylic acids is 1. The summed E-state index contributed by atoms with van der Waals surface area (Å²) in [7, 11) is 0. The Hall–Kier alpha value is -2.04. The summed E-state index contributed by atoms with van der Waals surface area (Å²) >= 11 is 0. The van der Waals surface area contributed by atoms with Gasteiger partial charge >= 0.3 is 11.9 Å². The van der Waals surface area contributed by atoms with Gasteiger partial charge in [-0.3, -0.25) is 0 Å². The lowest BCUT2D eigenvalue weighted by Crippen LogP contribution is -2.22. The van der Waals surface area contributed by atoms with Crippen molar-refractivity contribution in [2.45, 2.75) is 33.3 Å². The van der Waals surface area contributed by atoms with Crippen molar-refractivity contribution in [3.8, 4) is 0 Å². The lowest BCUT2D eigenvalue weighted by molar-refractivity contribution is -0.148. The first-order valence-corrected chi connectivity index (χ1v) is 5.53. The largest absolute Gasteiger partial charge is 0.477 e. The van der Waals surface area contributed by atoms with Crippen LogP contribution in [-0.4, -0.2) is 27.6 Å². The summed E-state index contributed by atoms with van der Waals surface area (Å²) in [4.78, 5) is 24.9. The molecular formula is C13H17NO4. The molecule has 1 aromatic rings. The van der Waals surface area contributed by atoms with Crippen LogP contribution in [0.5, 0.6) is 0 Å². The van der Waals surface area contributed by atoms with Crippen molar-refractivity contribution in [3.05, 3.63) is 29.1 Å². The highest BCUT2D eigenvalue weighted by Crippen LogP contribution is 2.12. The molecule has 5 heteroatoms. The third-order valence-corrected chi connectivity index (χ3v) is 2.06. The minimum atomic E-state index is -1.02. The van der Waals surface area contributed by atoms with Gasteiger partial charge in [0.2, 0.25) is 0 Å². The van der Waals surface area contributed by atoms with Crippen LogP contribution in [0.3, 0.4) is 0 Å². The molecule has 0 aliphatic heterocycles. The first-order chi connectivity index (χ1) is 8.19. The minimum absolute atomic E-state index is 0.124. The molecule has 0 aliphatic rings. The number of aromatic nitrogens is 1. The van der Waals surface area contributed by atoms with Crippen LogP contribution in [-0.2, 0) is 9.53 Å². The van der Waals surface area contributed by atoms with Gasteiger partial charge in [0.15, 0.2) is 0 Å². The third kappa shape index (κ3) is 4.08. The average Bonchev–Trinajstić information content (AvgIpc) is 2.54. The van der Waals surface area contributed by atoms with Crippen LogP contribution >= 0.6 is 0 Å². The Labute approximate surface area is 105 Å². The number of ether oxygens (including phenoxy) is 1. The monoisotopic (exact) mass is 251 g/mol. The number of aromatic carboxylic acids is 1. The number of aromatic amines is 1. The van der Waals surface area contributed by atoms with E-state index in [1.807, 2.05) is 0 Å². The van der Waals surface area contributed by atoms with Gasteiger partial charge in [-0.1, -0.05) is 0 Å². The molecule has 0 atom stereocenters. The molecule has 0 spiro atoms. The van der Waals surface area contributed by atoms with Crippen molar-refractivity contribution in [3.63, 3.8) is 0 Å². The van der Waals surface area contributed by atoms with Crippen LogP contribution in [0.4, 0.5) is 0 Å². The Morgan fingerprint density at radius 2 is 2.00 bits per heavy atom. The number of nitrogens with one attached hydrogen (secondary N) is 1. The fraction of sp³-hybridized carbons (Fsp3) is 0.385. The Balaban J connectivity index is 2.76. The van der Waals surface area contributed by atoms with Gasteiger partial charge in [0, 0.05) is 11.8 Å². The zero-order chi connectivity index (χ0) is 13.9. The number of H-pyrrole nitrogens is 1. The van der Waals surface area contributed by atoms with Gasteiger partial charge in [-0.25, -0.2) is 9.59 Å². The molecule has 1 rings (SSSR count). The summed E-state index contributed by atoms with van der Waals surface area (Å²) < 4.78 is 5.09. The summed E-state index contributed by atoms with van der Waals surface area (Å²) in [6, 6.07) is 1.66. The number of carbonyl (C=O) groups excluding carboxylic acids is 1. The van der Waals surface area contributed by atoms with Crippen LogP contribution < -0.4 is 0 Å². The van der Waals surface area contributed by atoms with Gasteiger partial charge in [0.05, 0.1) is 0 Å². The smallest absolute Gasteiger partial charge is 0.352 e. The molecule has 0 saturated carbocycles. The summed E-state index contributed by atoms with van der Waals surface area (Å²) in [5.41, 5.74) is 0.750. The maximum absolute atomic E-state index is 11.4.